The third kappa shape index (κ3) is 2.75. The fraction of sp³-hybridized carbons (Fsp3) is 0.706. The minimum absolute atomic E-state index is 0.0800. The highest BCUT2D eigenvalue weighted by Crippen LogP contribution is 2.29. The Morgan fingerprint density at radius 1 is 1.22 bits per heavy atom. The molecular formula is C17H24N4O2. The molecule has 2 bridgehead atoms. The van der Waals surface area contributed by atoms with Crippen molar-refractivity contribution in [2.75, 3.05) is 6.54 Å². The Labute approximate surface area is 136 Å². The monoisotopic (exact) mass is 316 g/mol. The third-order valence-corrected chi connectivity index (χ3v) is 5.58. The van der Waals surface area contributed by atoms with Gasteiger partial charge in [0, 0.05) is 43.6 Å². The van der Waals surface area contributed by atoms with E-state index < -0.39 is 0 Å². The number of rotatable bonds is 3. The number of carbonyl (C=O) groups excluding carboxylic acids is 2. The molecule has 2 atom stereocenters. The molecular weight excluding hydrogens is 292 g/mol. The van der Waals surface area contributed by atoms with Crippen LogP contribution >= 0.6 is 0 Å². The maximum atomic E-state index is 12.7. The molecule has 2 N–H and O–H groups in total. The van der Waals surface area contributed by atoms with Crippen molar-refractivity contribution in [1.29, 1.82) is 0 Å². The molecule has 2 aliphatic heterocycles. The molecule has 6 nitrogen and oxygen atoms in total. The molecule has 3 heterocycles. The molecule has 1 aromatic heterocycles. The number of hydrogen-bond acceptors (Lipinski definition) is 3. The van der Waals surface area contributed by atoms with E-state index in [1.54, 1.807) is 0 Å². The third-order valence-electron chi connectivity index (χ3n) is 5.58. The zero-order valence-electron chi connectivity index (χ0n) is 13.4. The molecule has 124 valence electrons. The SMILES string of the molecule is O=C1C[C@H]2CC[C@@H](CN1)N2C(=O)CCc1n[nH]c2c1CCCC2. The minimum Gasteiger partial charge on any atom is -0.354 e. The van der Waals surface area contributed by atoms with Crippen molar-refractivity contribution in [3.05, 3.63) is 17.0 Å². The Bertz CT molecular complexity index is 624. The molecule has 6 heteroatoms. The van der Waals surface area contributed by atoms with Crippen molar-refractivity contribution in [2.45, 2.75) is 69.9 Å². The minimum atomic E-state index is 0.0800. The summed E-state index contributed by atoms with van der Waals surface area (Å²) in [4.78, 5) is 26.4. The van der Waals surface area contributed by atoms with Gasteiger partial charge in [0.2, 0.25) is 11.8 Å². The number of nitrogens with one attached hydrogen (secondary N) is 2. The smallest absolute Gasteiger partial charge is 0.223 e. The molecule has 0 radical (unpaired) electrons. The summed E-state index contributed by atoms with van der Waals surface area (Å²) in [7, 11) is 0. The lowest BCUT2D eigenvalue weighted by molar-refractivity contribution is -0.133. The average molecular weight is 316 g/mol. The number of aryl methyl sites for hydroxylation is 2. The number of aromatic amines is 1. The highest BCUT2D eigenvalue weighted by Gasteiger charge is 2.39. The van der Waals surface area contributed by atoms with Crippen LogP contribution in [0.3, 0.4) is 0 Å². The van der Waals surface area contributed by atoms with Gasteiger partial charge in [0.15, 0.2) is 0 Å². The summed E-state index contributed by atoms with van der Waals surface area (Å²) in [5, 5.41) is 10.5. The lowest BCUT2D eigenvalue weighted by Gasteiger charge is -2.27. The van der Waals surface area contributed by atoms with Crippen molar-refractivity contribution in [1.82, 2.24) is 20.4 Å². The summed E-state index contributed by atoms with van der Waals surface area (Å²) < 4.78 is 0. The summed E-state index contributed by atoms with van der Waals surface area (Å²) in [5.41, 5.74) is 3.69. The summed E-state index contributed by atoms with van der Waals surface area (Å²) in [6, 6.07) is 0.287. The van der Waals surface area contributed by atoms with Crippen LogP contribution in [0.2, 0.25) is 0 Å². The molecule has 0 unspecified atom stereocenters. The van der Waals surface area contributed by atoms with E-state index in [0.29, 0.717) is 25.8 Å². The lowest BCUT2D eigenvalue weighted by atomic mass is 9.94. The van der Waals surface area contributed by atoms with E-state index in [4.69, 9.17) is 0 Å². The first kappa shape index (κ1) is 14.7. The van der Waals surface area contributed by atoms with E-state index in [2.05, 4.69) is 15.5 Å². The molecule has 1 aliphatic carbocycles. The normalized spacial score (nSPS) is 26.6. The summed E-state index contributed by atoms with van der Waals surface area (Å²) in [5.74, 6) is 0.262. The number of carbonyl (C=O) groups is 2. The highest BCUT2D eigenvalue weighted by molar-refractivity contribution is 5.81. The predicted octanol–water partition coefficient (Wildman–Crippen LogP) is 1.10. The van der Waals surface area contributed by atoms with Crippen LogP contribution in [0.4, 0.5) is 0 Å². The highest BCUT2D eigenvalue weighted by atomic mass is 16.2. The molecule has 0 spiro atoms. The fourth-order valence-electron chi connectivity index (χ4n) is 4.40. The summed E-state index contributed by atoms with van der Waals surface area (Å²) >= 11 is 0. The van der Waals surface area contributed by atoms with Crippen LogP contribution in [-0.4, -0.2) is 45.5 Å². The van der Waals surface area contributed by atoms with Gasteiger partial charge >= 0.3 is 0 Å². The number of amides is 2. The molecule has 23 heavy (non-hydrogen) atoms. The largest absolute Gasteiger partial charge is 0.354 e. The van der Waals surface area contributed by atoms with Crippen LogP contribution in [-0.2, 0) is 28.9 Å². The Morgan fingerprint density at radius 2 is 2.04 bits per heavy atom. The Balaban J connectivity index is 1.42. The van der Waals surface area contributed by atoms with Crippen molar-refractivity contribution < 1.29 is 9.59 Å². The second-order valence-electron chi connectivity index (χ2n) is 7.03. The molecule has 0 aromatic carbocycles. The van der Waals surface area contributed by atoms with Crippen LogP contribution in [0.1, 0.15) is 55.5 Å². The number of aromatic nitrogens is 2. The molecule has 4 rings (SSSR count). The maximum absolute atomic E-state index is 12.7. The van der Waals surface area contributed by atoms with E-state index in [1.807, 2.05) is 4.90 Å². The summed E-state index contributed by atoms with van der Waals surface area (Å²) in [6.45, 7) is 0.610. The second-order valence-corrected chi connectivity index (χ2v) is 7.03. The zero-order valence-corrected chi connectivity index (χ0v) is 13.4. The number of nitrogens with zero attached hydrogens (tertiary/aromatic N) is 2. The molecule has 2 fully saturated rings. The van der Waals surface area contributed by atoms with Crippen LogP contribution < -0.4 is 5.32 Å². The van der Waals surface area contributed by atoms with Gasteiger partial charge in [0.05, 0.1) is 5.69 Å². The Morgan fingerprint density at radius 3 is 2.96 bits per heavy atom. The van der Waals surface area contributed by atoms with Crippen molar-refractivity contribution >= 4 is 11.8 Å². The first-order valence-electron chi connectivity index (χ1n) is 8.85. The van der Waals surface area contributed by atoms with Crippen molar-refractivity contribution in [2.24, 2.45) is 0 Å². The predicted molar refractivity (Wildman–Crippen MR) is 84.8 cm³/mol. The van der Waals surface area contributed by atoms with Gasteiger partial charge in [-0.25, -0.2) is 0 Å². The lowest BCUT2D eigenvalue weighted by Crippen LogP contribution is -2.42. The van der Waals surface area contributed by atoms with Gasteiger partial charge in [-0.15, -0.1) is 0 Å². The van der Waals surface area contributed by atoms with Crippen molar-refractivity contribution in [3.63, 3.8) is 0 Å². The number of H-pyrrole nitrogens is 1. The van der Waals surface area contributed by atoms with E-state index in [9.17, 15) is 9.59 Å². The first-order valence-corrected chi connectivity index (χ1v) is 8.85. The van der Waals surface area contributed by atoms with Gasteiger partial charge in [-0.1, -0.05) is 0 Å². The quantitative estimate of drug-likeness (QED) is 0.876. The van der Waals surface area contributed by atoms with Crippen molar-refractivity contribution in [3.8, 4) is 0 Å². The fourth-order valence-corrected chi connectivity index (χ4v) is 4.40. The van der Waals surface area contributed by atoms with Crippen LogP contribution in [0.15, 0.2) is 0 Å². The van der Waals surface area contributed by atoms with Gasteiger partial charge in [0.1, 0.15) is 0 Å². The molecule has 1 aromatic rings. The second kappa shape index (κ2) is 5.98. The molecule has 2 saturated heterocycles. The first-order chi connectivity index (χ1) is 11.2. The van der Waals surface area contributed by atoms with Gasteiger partial charge in [-0.05, 0) is 44.1 Å². The topological polar surface area (TPSA) is 78.1 Å². The van der Waals surface area contributed by atoms with E-state index >= 15 is 0 Å². The van der Waals surface area contributed by atoms with E-state index in [1.165, 1.54) is 24.1 Å². The number of hydrogen-bond donors (Lipinski definition) is 2. The van der Waals surface area contributed by atoms with Gasteiger partial charge in [0.25, 0.3) is 0 Å². The molecule has 0 saturated carbocycles. The standard InChI is InChI=1S/C17H24N4O2/c22-16-9-11-5-6-12(10-18-16)21(11)17(23)8-7-15-13-3-1-2-4-14(13)19-20-15/h11-12H,1-10H2,(H,18,22)(H,19,20)/t11-,12+/m1/s1. The number of fused-ring (bicyclic) bond motifs is 3. The van der Waals surface area contributed by atoms with Gasteiger partial charge < -0.3 is 10.2 Å². The maximum Gasteiger partial charge on any atom is 0.223 e. The Kier molecular flexibility index (Phi) is 3.83. The average Bonchev–Trinajstić information content (AvgIpc) is 3.09. The van der Waals surface area contributed by atoms with Gasteiger partial charge in [-0.2, -0.15) is 5.10 Å². The van der Waals surface area contributed by atoms with E-state index in [-0.39, 0.29) is 23.9 Å². The Hall–Kier alpha value is -1.85. The molecule has 2 amide bonds. The van der Waals surface area contributed by atoms with E-state index in [0.717, 1.165) is 31.4 Å². The van der Waals surface area contributed by atoms with Crippen LogP contribution in [0, 0.1) is 0 Å². The zero-order chi connectivity index (χ0) is 15.8. The summed E-state index contributed by atoms with van der Waals surface area (Å²) in [6.07, 6.45) is 8.25. The van der Waals surface area contributed by atoms with Gasteiger partial charge in [-0.3, -0.25) is 14.7 Å². The van der Waals surface area contributed by atoms with Crippen LogP contribution in [0.25, 0.3) is 0 Å². The molecule has 3 aliphatic rings. The van der Waals surface area contributed by atoms with Crippen LogP contribution in [0.5, 0.6) is 0 Å².